The zero-order valence-electron chi connectivity index (χ0n) is 12.3. The van der Waals surface area contributed by atoms with E-state index in [9.17, 15) is 19.5 Å². The second kappa shape index (κ2) is 4.94. The van der Waals surface area contributed by atoms with Gasteiger partial charge in [0.2, 0.25) is 11.6 Å². The van der Waals surface area contributed by atoms with Crippen LogP contribution in [0.4, 0.5) is 0 Å². The molecular weight excluding hydrogens is 296 g/mol. The minimum Gasteiger partial charge on any atom is -0.478 e. The van der Waals surface area contributed by atoms with Crippen LogP contribution in [0.1, 0.15) is 27.2 Å². The first-order valence-electron chi connectivity index (χ1n) is 6.43. The lowest BCUT2D eigenvalue weighted by molar-refractivity contribution is -0.170. The summed E-state index contributed by atoms with van der Waals surface area (Å²) in [6.07, 6.45) is 1.51. The van der Waals surface area contributed by atoms with E-state index in [1.807, 2.05) is 0 Å². The van der Waals surface area contributed by atoms with Gasteiger partial charge in [0.25, 0.3) is 0 Å². The number of hydrogen-bond donors (Lipinski definition) is 2. The van der Waals surface area contributed by atoms with Crippen LogP contribution in [-0.2, 0) is 19.1 Å². The standard InChI is InChI=1S/C13H18N2O5S/c1-7(5-10(17)20-4)14-13(11(18)19)12(2,3)21-9-6-8(16)15(9)13/h5,9,14H,6H2,1-4H3,(H,18,19)/t9-,13+/m1/s1. The number of carboxylic acids is 1. The molecule has 0 aromatic rings. The smallest absolute Gasteiger partial charge is 0.352 e. The Kier molecular flexibility index (Phi) is 3.69. The zero-order valence-corrected chi connectivity index (χ0v) is 13.1. The molecule has 2 atom stereocenters. The molecule has 0 unspecified atom stereocenters. The van der Waals surface area contributed by atoms with Gasteiger partial charge in [0.05, 0.1) is 23.7 Å². The Hall–Kier alpha value is -1.70. The summed E-state index contributed by atoms with van der Waals surface area (Å²) in [7, 11) is 1.24. The minimum absolute atomic E-state index is 0.151. The maximum Gasteiger partial charge on any atom is 0.352 e. The van der Waals surface area contributed by atoms with Crippen molar-refractivity contribution in [2.75, 3.05) is 7.11 Å². The molecule has 0 radical (unpaired) electrons. The number of thioether (sulfide) groups is 1. The normalized spacial score (nSPS) is 30.5. The SMILES string of the molecule is COC(=O)C=C(C)N[C@@]1(C(=O)O)N2C(=O)C[C@H]2SC1(C)C. The van der Waals surface area contributed by atoms with Gasteiger partial charge in [-0.2, -0.15) is 0 Å². The van der Waals surface area contributed by atoms with Crippen LogP contribution >= 0.6 is 11.8 Å². The summed E-state index contributed by atoms with van der Waals surface area (Å²) in [4.78, 5) is 36.5. The predicted molar refractivity (Wildman–Crippen MR) is 76.2 cm³/mol. The number of methoxy groups -OCH3 is 1. The molecule has 0 aromatic carbocycles. The third-order valence-electron chi connectivity index (χ3n) is 3.79. The van der Waals surface area contributed by atoms with Crippen molar-refractivity contribution in [3.8, 4) is 0 Å². The third-order valence-corrected chi connectivity index (χ3v) is 5.33. The molecule has 2 rings (SSSR count). The topological polar surface area (TPSA) is 95.9 Å². The van der Waals surface area contributed by atoms with Crippen molar-refractivity contribution in [2.45, 2.75) is 43.0 Å². The second-order valence-electron chi connectivity index (χ2n) is 5.54. The first kappa shape index (κ1) is 15.7. The van der Waals surface area contributed by atoms with E-state index in [0.717, 1.165) is 0 Å². The number of carbonyl (C=O) groups is 3. The quantitative estimate of drug-likeness (QED) is 0.443. The lowest BCUT2D eigenvalue weighted by Crippen LogP contribution is -2.73. The van der Waals surface area contributed by atoms with Crippen LogP contribution in [0.2, 0.25) is 0 Å². The lowest BCUT2D eigenvalue weighted by Gasteiger charge is -2.47. The van der Waals surface area contributed by atoms with Crippen molar-refractivity contribution in [2.24, 2.45) is 0 Å². The monoisotopic (exact) mass is 314 g/mol. The van der Waals surface area contributed by atoms with E-state index in [4.69, 9.17) is 0 Å². The Morgan fingerprint density at radius 1 is 1.52 bits per heavy atom. The largest absolute Gasteiger partial charge is 0.478 e. The van der Waals surface area contributed by atoms with E-state index >= 15 is 0 Å². The molecule has 116 valence electrons. The van der Waals surface area contributed by atoms with Crippen molar-refractivity contribution in [1.82, 2.24) is 10.2 Å². The maximum absolute atomic E-state index is 12.0. The fourth-order valence-electron chi connectivity index (χ4n) is 2.78. The van der Waals surface area contributed by atoms with Crippen LogP contribution in [0.5, 0.6) is 0 Å². The Balaban J connectivity index is 2.41. The maximum atomic E-state index is 12.0. The summed E-state index contributed by atoms with van der Waals surface area (Å²) >= 11 is 1.44. The number of allylic oxidation sites excluding steroid dienone is 1. The van der Waals surface area contributed by atoms with Crippen LogP contribution in [0, 0.1) is 0 Å². The molecular formula is C13H18N2O5S. The Morgan fingerprint density at radius 3 is 2.62 bits per heavy atom. The van der Waals surface area contributed by atoms with Crippen molar-refractivity contribution in [3.63, 3.8) is 0 Å². The van der Waals surface area contributed by atoms with E-state index in [-0.39, 0.29) is 11.3 Å². The predicted octanol–water partition coefficient (Wildman–Crippen LogP) is 0.518. The van der Waals surface area contributed by atoms with Crippen LogP contribution < -0.4 is 5.32 Å². The minimum atomic E-state index is -1.58. The number of amides is 1. The van der Waals surface area contributed by atoms with E-state index < -0.39 is 22.3 Å². The van der Waals surface area contributed by atoms with Crippen LogP contribution in [-0.4, -0.2) is 50.7 Å². The summed E-state index contributed by atoms with van der Waals surface area (Å²) in [6, 6.07) is 0. The van der Waals surface area contributed by atoms with Crippen LogP contribution in [0.3, 0.4) is 0 Å². The highest BCUT2D eigenvalue weighted by molar-refractivity contribution is 8.01. The molecule has 8 heteroatoms. The Labute approximate surface area is 126 Å². The van der Waals surface area contributed by atoms with E-state index in [1.54, 1.807) is 20.8 Å². The zero-order chi connectivity index (χ0) is 16.0. The van der Waals surface area contributed by atoms with Crippen molar-refractivity contribution in [3.05, 3.63) is 11.8 Å². The average Bonchev–Trinajstić information content (AvgIpc) is 2.53. The van der Waals surface area contributed by atoms with Gasteiger partial charge >= 0.3 is 11.9 Å². The number of carbonyl (C=O) groups excluding carboxylic acids is 2. The number of ether oxygens (including phenoxy) is 1. The van der Waals surface area contributed by atoms with Gasteiger partial charge in [-0.15, -0.1) is 11.8 Å². The summed E-state index contributed by atoms with van der Waals surface area (Å²) in [5, 5.41) is 12.5. The lowest BCUT2D eigenvalue weighted by atomic mass is 9.89. The number of β-lactam (4-membered cyclic amide) rings is 1. The molecule has 0 aliphatic carbocycles. The van der Waals surface area contributed by atoms with Gasteiger partial charge < -0.3 is 15.2 Å². The fourth-order valence-corrected chi connectivity index (χ4v) is 4.48. The molecule has 0 saturated carbocycles. The van der Waals surface area contributed by atoms with Gasteiger partial charge in [-0.25, -0.2) is 9.59 Å². The number of nitrogens with zero attached hydrogens (tertiary/aromatic N) is 1. The molecule has 2 N–H and O–H groups in total. The molecule has 1 amide bonds. The highest BCUT2D eigenvalue weighted by Crippen LogP contribution is 2.55. The molecule has 2 aliphatic rings. The highest BCUT2D eigenvalue weighted by atomic mass is 32.2. The second-order valence-corrected chi connectivity index (χ2v) is 7.34. The third kappa shape index (κ3) is 2.17. The number of esters is 1. The highest BCUT2D eigenvalue weighted by Gasteiger charge is 2.69. The first-order valence-corrected chi connectivity index (χ1v) is 7.31. The van der Waals surface area contributed by atoms with Crippen molar-refractivity contribution >= 4 is 29.6 Å². The number of hydrogen-bond acceptors (Lipinski definition) is 6. The molecule has 2 heterocycles. The van der Waals surface area contributed by atoms with Crippen molar-refractivity contribution in [1.29, 1.82) is 0 Å². The van der Waals surface area contributed by atoms with E-state index in [0.29, 0.717) is 12.1 Å². The summed E-state index contributed by atoms with van der Waals surface area (Å²) in [5.41, 5.74) is -1.25. The number of fused-ring (bicyclic) bond motifs is 1. The van der Waals surface area contributed by atoms with Crippen LogP contribution in [0.25, 0.3) is 0 Å². The average molecular weight is 314 g/mol. The van der Waals surface area contributed by atoms with Gasteiger partial charge in [-0.3, -0.25) is 9.69 Å². The van der Waals surface area contributed by atoms with Gasteiger partial charge in [-0.05, 0) is 20.8 Å². The molecule has 0 bridgehead atoms. The van der Waals surface area contributed by atoms with Gasteiger partial charge in [-0.1, -0.05) is 0 Å². The molecule has 2 fully saturated rings. The summed E-state index contributed by atoms with van der Waals surface area (Å²) in [5.74, 6) is -1.94. The van der Waals surface area contributed by atoms with E-state index in [2.05, 4.69) is 10.1 Å². The molecule has 7 nitrogen and oxygen atoms in total. The number of rotatable bonds is 4. The van der Waals surface area contributed by atoms with Crippen molar-refractivity contribution < 1.29 is 24.2 Å². The Morgan fingerprint density at radius 2 is 2.14 bits per heavy atom. The molecule has 21 heavy (non-hydrogen) atoms. The fraction of sp³-hybridized carbons (Fsp3) is 0.615. The summed E-state index contributed by atoms with van der Waals surface area (Å²) in [6.45, 7) is 5.12. The number of nitrogens with one attached hydrogen (secondary N) is 1. The van der Waals surface area contributed by atoms with E-state index in [1.165, 1.54) is 29.8 Å². The van der Waals surface area contributed by atoms with Gasteiger partial charge in [0.1, 0.15) is 0 Å². The first-order chi connectivity index (χ1) is 9.65. The van der Waals surface area contributed by atoms with Crippen LogP contribution in [0.15, 0.2) is 11.8 Å². The van der Waals surface area contributed by atoms with Gasteiger partial charge in [0, 0.05) is 11.8 Å². The molecule has 0 spiro atoms. The number of carboxylic acid groups (broad SMARTS) is 1. The molecule has 2 saturated heterocycles. The summed E-state index contributed by atoms with van der Waals surface area (Å²) < 4.78 is 3.78. The molecule has 0 aromatic heterocycles. The van der Waals surface area contributed by atoms with Gasteiger partial charge in [0.15, 0.2) is 0 Å². The Bertz CT molecular complexity index is 545. The number of aliphatic carboxylic acids is 1. The molecule has 2 aliphatic heterocycles.